The fraction of sp³-hybridized carbons (Fsp3) is 0.917. The maximum Gasteiger partial charge on any atom is 0.234 e. The van der Waals surface area contributed by atoms with Gasteiger partial charge in [-0.3, -0.25) is 9.69 Å². The summed E-state index contributed by atoms with van der Waals surface area (Å²) in [6.07, 6.45) is 5.10. The molecule has 0 aromatic heterocycles. The number of hydrogen-bond donors (Lipinski definition) is 2. The van der Waals surface area contributed by atoms with E-state index in [1.807, 2.05) is 6.92 Å². The van der Waals surface area contributed by atoms with Crippen LogP contribution in [0.3, 0.4) is 0 Å². The zero-order valence-corrected chi connectivity index (χ0v) is 10.1. The summed E-state index contributed by atoms with van der Waals surface area (Å²) in [7, 11) is 0. The maximum absolute atomic E-state index is 11.1. The lowest BCUT2D eigenvalue weighted by atomic mass is 9.95. The number of carbonyl (C=O) groups is 1. The van der Waals surface area contributed by atoms with Crippen molar-refractivity contribution in [2.75, 3.05) is 19.6 Å². The second kappa shape index (κ2) is 5.15. The number of primary amides is 1. The van der Waals surface area contributed by atoms with Crippen LogP contribution in [0.25, 0.3) is 0 Å². The summed E-state index contributed by atoms with van der Waals surface area (Å²) in [4.78, 5) is 13.3. The fourth-order valence-electron chi connectivity index (χ4n) is 2.35. The summed E-state index contributed by atoms with van der Waals surface area (Å²) in [5, 5.41) is 3.58. The number of piperidine rings is 1. The van der Waals surface area contributed by atoms with E-state index in [1.54, 1.807) is 0 Å². The molecule has 0 aromatic rings. The lowest BCUT2D eigenvalue weighted by Gasteiger charge is -2.34. The number of nitrogens with two attached hydrogens (primary N) is 1. The molecule has 1 aliphatic heterocycles. The van der Waals surface area contributed by atoms with Gasteiger partial charge in [0.1, 0.15) is 0 Å². The van der Waals surface area contributed by atoms with Gasteiger partial charge in [0.05, 0.1) is 6.04 Å². The molecule has 1 saturated heterocycles. The third-order valence-corrected chi connectivity index (χ3v) is 3.88. The van der Waals surface area contributed by atoms with Crippen molar-refractivity contribution in [1.82, 2.24) is 10.2 Å². The number of rotatable bonds is 5. The number of carbonyl (C=O) groups excluding carboxylic acids is 1. The van der Waals surface area contributed by atoms with Crippen LogP contribution in [0.1, 0.15) is 32.6 Å². The van der Waals surface area contributed by atoms with E-state index in [2.05, 4.69) is 10.2 Å². The lowest BCUT2D eigenvalue weighted by Crippen LogP contribution is -2.47. The van der Waals surface area contributed by atoms with Crippen molar-refractivity contribution in [3.63, 3.8) is 0 Å². The number of hydrogen-bond acceptors (Lipinski definition) is 3. The van der Waals surface area contributed by atoms with E-state index in [0.29, 0.717) is 0 Å². The minimum atomic E-state index is -0.199. The van der Waals surface area contributed by atoms with Gasteiger partial charge in [0.25, 0.3) is 0 Å². The third-order valence-electron chi connectivity index (χ3n) is 3.88. The highest BCUT2D eigenvalue weighted by Crippen LogP contribution is 2.22. The standard InChI is InChI=1S/C12H23N3O/c1-9(12(13)16)15-6-4-10(5-7-15)8-14-11-2-3-11/h9-11,14H,2-8H2,1H3,(H2,13,16). The molecule has 0 spiro atoms. The van der Waals surface area contributed by atoms with Crippen LogP contribution in [-0.2, 0) is 4.79 Å². The molecule has 0 radical (unpaired) electrons. The molecule has 1 atom stereocenters. The molecule has 1 unspecified atom stereocenters. The molecular formula is C12H23N3O. The average molecular weight is 225 g/mol. The summed E-state index contributed by atoms with van der Waals surface area (Å²) in [5.74, 6) is 0.589. The van der Waals surface area contributed by atoms with Gasteiger partial charge in [0.2, 0.25) is 5.91 Å². The Kier molecular flexibility index (Phi) is 3.82. The minimum absolute atomic E-state index is 0.0997. The van der Waals surface area contributed by atoms with Crippen LogP contribution < -0.4 is 11.1 Å². The zero-order valence-electron chi connectivity index (χ0n) is 10.1. The van der Waals surface area contributed by atoms with Crippen molar-refractivity contribution in [3.8, 4) is 0 Å². The van der Waals surface area contributed by atoms with Crippen LogP contribution >= 0.6 is 0 Å². The lowest BCUT2D eigenvalue weighted by molar-refractivity contribution is -0.123. The highest BCUT2D eigenvalue weighted by atomic mass is 16.1. The molecule has 4 heteroatoms. The maximum atomic E-state index is 11.1. The van der Waals surface area contributed by atoms with Crippen LogP contribution in [-0.4, -0.2) is 42.5 Å². The summed E-state index contributed by atoms with van der Waals surface area (Å²) in [5.41, 5.74) is 5.32. The smallest absolute Gasteiger partial charge is 0.234 e. The van der Waals surface area contributed by atoms with E-state index in [4.69, 9.17) is 5.73 Å². The molecule has 16 heavy (non-hydrogen) atoms. The van der Waals surface area contributed by atoms with Crippen LogP contribution in [0.4, 0.5) is 0 Å². The first-order chi connectivity index (χ1) is 7.66. The molecule has 0 bridgehead atoms. The van der Waals surface area contributed by atoms with Gasteiger partial charge in [-0.2, -0.15) is 0 Å². The van der Waals surface area contributed by atoms with Gasteiger partial charge >= 0.3 is 0 Å². The van der Waals surface area contributed by atoms with Crippen molar-refractivity contribution in [3.05, 3.63) is 0 Å². The van der Waals surface area contributed by atoms with E-state index in [9.17, 15) is 4.79 Å². The highest BCUT2D eigenvalue weighted by Gasteiger charge is 2.27. The molecule has 92 valence electrons. The Balaban J connectivity index is 1.66. The van der Waals surface area contributed by atoms with Crippen LogP contribution in [0.15, 0.2) is 0 Å². The van der Waals surface area contributed by atoms with E-state index >= 15 is 0 Å². The first-order valence-corrected chi connectivity index (χ1v) is 6.43. The Hall–Kier alpha value is -0.610. The van der Waals surface area contributed by atoms with Crippen molar-refractivity contribution < 1.29 is 4.79 Å². The Morgan fingerprint density at radius 3 is 2.50 bits per heavy atom. The molecule has 2 fully saturated rings. The van der Waals surface area contributed by atoms with Crippen LogP contribution in [0, 0.1) is 5.92 Å². The fourth-order valence-corrected chi connectivity index (χ4v) is 2.35. The summed E-state index contributed by atoms with van der Waals surface area (Å²) in [6.45, 7) is 5.09. The van der Waals surface area contributed by atoms with Gasteiger partial charge in [-0.25, -0.2) is 0 Å². The first kappa shape index (κ1) is 11.9. The minimum Gasteiger partial charge on any atom is -0.368 e. The van der Waals surface area contributed by atoms with Gasteiger partial charge in [-0.1, -0.05) is 0 Å². The van der Waals surface area contributed by atoms with Crippen molar-refractivity contribution in [2.24, 2.45) is 11.7 Å². The largest absolute Gasteiger partial charge is 0.368 e. The van der Waals surface area contributed by atoms with E-state index in [0.717, 1.165) is 31.6 Å². The van der Waals surface area contributed by atoms with Crippen LogP contribution in [0.5, 0.6) is 0 Å². The second-order valence-corrected chi connectivity index (χ2v) is 5.24. The van der Waals surface area contributed by atoms with Crippen molar-refractivity contribution >= 4 is 5.91 Å². The molecule has 1 amide bonds. The second-order valence-electron chi connectivity index (χ2n) is 5.24. The Labute approximate surface area is 97.6 Å². The molecule has 1 aliphatic carbocycles. The summed E-state index contributed by atoms with van der Waals surface area (Å²) in [6, 6.07) is 0.708. The molecule has 0 aromatic carbocycles. The zero-order chi connectivity index (χ0) is 11.5. The molecule has 1 saturated carbocycles. The monoisotopic (exact) mass is 225 g/mol. The topological polar surface area (TPSA) is 58.4 Å². The molecular weight excluding hydrogens is 202 g/mol. The highest BCUT2D eigenvalue weighted by molar-refractivity contribution is 5.79. The van der Waals surface area contributed by atoms with E-state index < -0.39 is 0 Å². The van der Waals surface area contributed by atoms with Gasteiger partial charge in [0, 0.05) is 6.04 Å². The van der Waals surface area contributed by atoms with Gasteiger partial charge in [-0.05, 0) is 58.2 Å². The Bertz CT molecular complexity index is 245. The van der Waals surface area contributed by atoms with Crippen LogP contribution in [0.2, 0.25) is 0 Å². The van der Waals surface area contributed by atoms with Gasteiger partial charge in [-0.15, -0.1) is 0 Å². The first-order valence-electron chi connectivity index (χ1n) is 6.43. The SMILES string of the molecule is CC(C(N)=O)N1CCC(CNC2CC2)CC1. The molecule has 2 aliphatic rings. The van der Waals surface area contributed by atoms with Gasteiger partial charge < -0.3 is 11.1 Å². The normalized spacial score (nSPS) is 25.6. The molecule has 3 N–H and O–H groups in total. The predicted molar refractivity (Wildman–Crippen MR) is 64.0 cm³/mol. The van der Waals surface area contributed by atoms with E-state index in [1.165, 1.54) is 25.7 Å². The number of likely N-dealkylation sites (tertiary alicyclic amines) is 1. The molecule has 2 rings (SSSR count). The van der Waals surface area contributed by atoms with E-state index in [-0.39, 0.29) is 11.9 Å². The number of nitrogens with one attached hydrogen (secondary N) is 1. The summed E-state index contributed by atoms with van der Waals surface area (Å²) < 4.78 is 0. The quantitative estimate of drug-likeness (QED) is 0.708. The molecule has 4 nitrogen and oxygen atoms in total. The Morgan fingerprint density at radius 1 is 1.38 bits per heavy atom. The Morgan fingerprint density at radius 2 is 2.00 bits per heavy atom. The van der Waals surface area contributed by atoms with Crippen molar-refractivity contribution in [1.29, 1.82) is 0 Å². The van der Waals surface area contributed by atoms with Crippen molar-refractivity contribution in [2.45, 2.75) is 44.7 Å². The number of amides is 1. The summed E-state index contributed by atoms with van der Waals surface area (Å²) >= 11 is 0. The molecule has 1 heterocycles. The van der Waals surface area contributed by atoms with Gasteiger partial charge in [0.15, 0.2) is 0 Å². The predicted octanol–water partition coefficient (Wildman–Crippen LogP) is 0.324. The average Bonchev–Trinajstić information content (AvgIpc) is 3.10. The number of nitrogens with zero attached hydrogens (tertiary/aromatic N) is 1. The third kappa shape index (κ3) is 3.19.